The first kappa shape index (κ1) is 24.1. The standard InChI is InChI=1S/C16H33.CH3.Y/c1-6-8-10-15(4)11-9-12-16(5)13-14(3)7-2;;/h14-16H,1,6-13H2,2-5H3;1H3;/q2*-1;. The van der Waals surface area contributed by atoms with Crippen LogP contribution in [0.4, 0.5) is 0 Å². The summed E-state index contributed by atoms with van der Waals surface area (Å²) < 4.78 is 0. The van der Waals surface area contributed by atoms with Gasteiger partial charge in [0.15, 0.2) is 0 Å². The summed E-state index contributed by atoms with van der Waals surface area (Å²) in [6.45, 7) is 13.4. The summed E-state index contributed by atoms with van der Waals surface area (Å²) in [6.07, 6.45) is 10.8. The molecular formula is C17H36Y-2. The van der Waals surface area contributed by atoms with Crippen molar-refractivity contribution >= 4 is 0 Å². The Morgan fingerprint density at radius 2 is 1.33 bits per heavy atom. The maximum absolute atomic E-state index is 3.91. The first-order chi connectivity index (χ1) is 7.60. The van der Waals surface area contributed by atoms with Crippen molar-refractivity contribution in [2.24, 2.45) is 17.8 Å². The summed E-state index contributed by atoms with van der Waals surface area (Å²) in [4.78, 5) is 0. The van der Waals surface area contributed by atoms with Gasteiger partial charge in [-0.1, -0.05) is 66.2 Å². The molecule has 0 bridgehead atoms. The Labute approximate surface area is 143 Å². The van der Waals surface area contributed by atoms with Crippen LogP contribution in [0.5, 0.6) is 0 Å². The van der Waals surface area contributed by atoms with Crippen LogP contribution in [0, 0.1) is 32.1 Å². The Balaban J connectivity index is -0.00000112. The molecular weight excluding hydrogens is 293 g/mol. The second kappa shape index (κ2) is 16.2. The first-order valence-electron chi connectivity index (χ1n) is 7.39. The molecule has 0 aromatic rings. The average molecular weight is 329 g/mol. The fourth-order valence-electron chi connectivity index (χ4n) is 2.42. The summed E-state index contributed by atoms with van der Waals surface area (Å²) >= 11 is 0. The van der Waals surface area contributed by atoms with Crippen molar-refractivity contribution in [1.29, 1.82) is 0 Å². The van der Waals surface area contributed by atoms with Gasteiger partial charge in [0.1, 0.15) is 0 Å². The zero-order valence-electron chi connectivity index (χ0n) is 13.7. The van der Waals surface area contributed by atoms with E-state index in [4.69, 9.17) is 0 Å². The zero-order chi connectivity index (χ0) is 12.4. The van der Waals surface area contributed by atoms with Gasteiger partial charge in [0.25, 0.3) is 0 Å². The SMILES string of the molecule is [CH2-]CCCC(C)CCCC(C)CC(C)CC.[CH3-].[Y]. The molecule has 0 nitrogen and oxygen atoms in total. The van der Waals surface area contributed by atoms with Crippen LogP contribution in [0.15, 0.2) is 0 Å². The van der Waals surface area contributed by atoms with Gasteiger partial charge in [-0.05, 0) is 24.2 Å². The molecule has 0 aromatic carbocycles. The summed E-state index contributed by atoms with van der Waals surface area (Å²) in [5, 5.41) is 0. The van der Waals surface area contributed by atoms with Gasteiger partial charge in [-0.25, -0.2) is 0 Å². The molecule has 0 N–H and O–H groups in total. The van der Waals surface area contributed by atoms with E-state index < -0.39 is 0 Å². The normalized spacial score (nSPS) is 15.2. The zero-order valence-corrected chi connectivity index (χ0v) is 16.5. The molecule has 0 aliphatic rings. The average Bonchev–Trinajstić information content (AvgIpc) is 2.26. The van der Waals surface area contributed by atoms with Gasteiger partial charge in [0, 0.05) is 32.7 Å². The van der Waals surface area contributed by atoms with E-state index in [2.05, 4.69) is 34.6 Å². The largest absolute Gasteiger partial charge is 0.358 e. The minimum atomic E-state index is 0. The third kappa shape index (κ3) is 15.2. The van der Waals surface area contributed by atoms with Gasteiger partial charge in [0.2, 0.25) is 0 Å². The molecule has 0 saturated heterocycles. The van der Waals surface area contributed by atoms with E-state index in [1.165, 1.54) is 44.9 Å². The van der Waals surface area contributed by atoms with Crippen LogP contribution < -0.4 is 0 Å². The Morgan fingerprint density at radius 1 is 0.833 bits per heavy atom. The van der Waals surface area contributed by atoms with E-state index in [0.29, 0.717) is 0 Å². The maximum atomic E-state index is 3.91. The van der Waals surface area contributed by atoms with Crippen LogP contribution in [0.3, 0.4) is 0 Å². The van der Waals surface area contributed by atoms with E-state index in [-0.39, 0.29) is 40.1 Å². The van der Waals surface area contributed by atoms with Crippen LogP contribution in [0.25, 0.3) is 0 Å². The second-order valence-electron chi connectivity index (χ2n) is 5.89. The smallest absolute Gasteiger partial charge is 0 e. The van der Waals surface area contributed by atoms with E-state index in [1.807, 2.05) is 0 Å². The molecule has 3 unspecified atom stereocenters. The molecule has 109 valence electrons. The van der Waals surface area contributed by atoms with Crippen LogP contribution >= 0.6 is 0 Å². The van der Waals surface area contributed by atoms with Crippen LogP contribution in [-0.4, -0.2) is 0 Å². The maximum Gasteiger partial charge on any atom is 0 e. The molecule has 0 saturated carbocycles. The predicted molar refractivity (Wildman–Crippen MR) is 81.9 cm³/mol. The third-order valence-electron chi connectivity index (χ3n) is 3.84. The molecule has 0 amide bonds. The third-order valence-corrected chi connectivity index (χ3v) is 3.84. The number of hydrogen-bond acceptors (Lipinski definition) is 0. The minimum Gasteiger partial charge on any atom is -0.358 e. The van der Waals surface area contributed by atoms with Gasteiger partial charge >= 0.3 is 0 Å². The Kier molecular flexibility index (Phi) is 21.7. The molecule has 0 aromatic heterocycles. The van der Waals surface area contributed by atoms with Crippen molar-refractivity contribution in [3.8, 4) is 0 Å². The summed E-state index contributed by atoms with van der Waals surface area (Å²) in [5.41, 5.74) is 0. The molecule has 3 atom stereocenters. The van der Waals surface area contributed by atoms with E-state index in [0.717, 1.165) is 24.2 Å². The van der Waals surface area contributed by atoms with Crippen LogP contribution in [0.2, 0.25) is 0 Å². The second-order valence-corrected chi connectivity index (χ2v) is 5.89. The van der Waals surface area contributed by atoms with Crippen LogP contribution in [0.1, 0.15) is 79.1 Å². The quantitative estimate of drug-likeness (QED) is 0.412. The summed E-state index contributed by atoms with van der Waals surface area (Å²) in [6, 6.07) is 0. The monoisotopic (exact) mass is 329 g/mol. The van der Waals surface area contributed by atoms with E-state index >= 15 is 0 Å². The van der Waals surface area contributed by atoms with Crippen molar-refractivity contribution in [3.05, 3.63) is 14.4 Å². The van der Waals surface area contributed by atoms with Crippen molar-refractivity contribution in [3.63, 3.8) is 0 Å². The van der Waals surface area contributed by atoms with Crippen LogP contribution in [-0.2, 0) is 32.7 Å². The molecule has 0 aliphatic heterocycles. The summed E-state index contributed by atoms with van der Waals surface area (Å²) in [7, 11) is 0. The van der Waals surface area contributed by atoms with Gasteiger partial charge in [-0.15, -0.1) is 0 Å². The van der Waals surface area contributed by atoms with Gasteiger partial charge in [-0.2, -0.15) is 6.42 Å². The van der Waals surface area contributed by atoms with Gasteiger partial charge < -0.3 is 14.4 Å². The number of unbranched alkanes of at least 4 members (excludes halogenated alkanes) is 1. The number of hydrogen-bond donors (Lipinski definition) is 0. The fraction of sp³-hybridized carbons (Fsp3) is 0.882. The van der Waals surface area contributed by atoms with E-state index in [1.54, 1.807) is 0 Å². The Morgan fingerprint density at radius 3 is 1.83 bits per heavy atom. The molecule has 0 aliphatic carbocycles. The van der Waals surface area contributed by atoms with E-state index in [9.17, 15) is 0 Å². The molecule has 1 radical (unpaired) electrons. The van der Waals surface area contributed by atoms with Crippen molar-refractivity contribution in [1.82, 2.24) is 0 Å². The van der Waals surface area contributed by atoms with Crippen molar-refractivity contribution in [2.75, 3.05) is 0 Å². The predicted octanol–water partition coefficient (Wildman–Crippen LogP) is 6.32. The molecule has 0 heterocycles. The molecule has 1 heteroatoms. The first-order valence-corrected chi connectivity index (χ1v) is 7.39. The molecule has 18 heavy (non-hydrogen) atoms. The molecule has 0 spiro atoms. The molecule has 0 fully saturated rings. The molecule has 0 rings (SSSR count). The van der Waals surface area contributed by atoms with Crippen molar-refractivity contribution < 1.29 is 32.7 Å². The minimum absolute atomic E-state index is 0. The topological polar surface area (TPSA) is 0 Å². The fourth-order valence-corrected chi connectivity index (χ4v) is 2.42. The number of rotatable bonds is 10. The summed E-state index contributed by atoms with van der Waals surface area (Å²) in [5.74, 6) is 2.76. The van der Waals surface area contributed by atoms with Gasteiger partial charge in [-0.3, -0.25) is 0 Å². The van der Waals surface area contributed by atoms with Gasteiger partial charge in [0.05, 0.1) is 0 Å². The Hall–Kier alpha value is 1.10. The van der Waals surface area contributed by atoms with Crippen molar-refractivity contribution in [2.45, 2.75) is 79.1 Å². The Bertz CT molecular complexity index is 145.